The Hall–Kier alpha value is -1.56. The second-order valence-corrected chi connectivity index (χ2v) is 3.97. The summed E-state index contributed by atoms with van der Waals surface area (Å²) in [6, 6.07) is 5.67. The third-order valence-corrected chi connectivity index (χ3v) is 2.80. The fourth-order valence-electron chi connectivity index (χ4n) is 1.21. The molecule has 0 heterocycles. The minimum Gasteiger partial charge on any atom is -0.462 e. The molecule has 1 aromatic carbocycles. The van der Waals surface area contributed by atoms with Gasteiger partial charge in [0, 0.05) is 5.33 Å². The Bertz CT molecular complexity index is 459. The van der Waals surface area contributed by atoms with Crippen LogP contribution in [-0.2, 0) is 19.7 Å². The van der Waals surface area contributed by atoms with E-state index in [4.69, 9.17) is 4.74 Å². The van der Waals surface area contributed by atoms with Crippen LogP contribution in [0.2, 0.25) is 0 Å². The predicted molar refractivity (Wildman–Crippen MR) is 70.9 cm³/mol. The van der Waals surface area contributed by atoms with Crippen molar-refractivity contribution in [1.29, 1.82) is 0 Å². The van der Waals surface area contributed by atoms with Gasteiger partial charge in [0.25, 0.3) is 0 Å². The van der Waals surface area contributed by atoms with Crippen LogP contribution in [0.25, 0.3) is 0 Å². The van der Waals surface area contributed by atoms with Crippen molar-refractivity contribution < 1.29 is 19.1 Å². The Balaban J connectivity index is 3.00. The zero-order valence-electron chi connectivity index (χ0n) is 10.4. The molecule has 0 atom stereocenters. The van der Waals surface area contributed by atoms with E-state index in [0.717, 1.165) is 11.1 Å². The Kier molecular flexibility index (Phi) is 5.64. The molecule has 0 fully saturated rings. The van der Waals surface area contributed by atoms with Gasteiger partial charge >= 0.3 is 11.9 Å². The molecule has 0 saturated heterocycles. The first-order chi connectivity index (χ1) is 8.62. The van der Waals surface area contributed by atoms with Crippen molar-refractivity contribution >= 4 is 27.8 Å². The van der Waals surface area contributed by atoms with Crippen LogP contribution in [0.1, 0.15) is 11.1 Å². The van der Waals surface area contributed by atoms with E-state index in [2.05, 4.69) is 30.7 Å². The number of oxime groups is 1. The molecule has 0 aliphatic rings. The fourth-order valence-corrected chi connectivity index (χ4v) is 1.56. The maximum atomic E-state index is 11.4. The standard InChI is InChI=1S/C12H14BrNO4/c1-8-4-5-9(7-13)6-10(8)18-11(14-17-3)12(15)16-2/h4-6H,7H2,1-3H3. The number of nitrogens with zero attached hydrogens (tertiary/aromatic N) is 1. The summed E-state index contributed by atoms with van der Waals surface area (Å²) in [6.45, 7) is 1.87. The first-order valence-corrected chi connectivity index (χ1v) is 6.27. The number of alkyl halides is 1. The van der Waals surface area contributed by atoms with E-state index in [0.29, 0.717) is 11.1 Å². The van der Waals surface area contributed by atoms with Crippen molar-refractivity contribution in [3.05, 3.63) is 29.3 Å². The molecular formula is C12H14BrNO4. The highest BCUT2D eigenvalue weighted by atomic mass is 79.9. The van der Waals surface area contributed by atoms with Crippen molar-refractivity contribution in [1.82, 2.24) is 0 Å². The van der Waals surface area contributed by atoms with E-state index in [1.165, 1.54) is 14.2 Å². The van der Waals surface area contributed by atoms with E-state index in [1.54, 1.807) is 0 Å². The van der Waals surface area contributed by atoms with E-state index in [1.807, 2.05) is 25.1 Å². The molecule has 0 aliphatic carbocycles. The number of rotatable bonds is 3. The number of esters is 1. The zero-order chi connectivity index (χ0) is 13.5. The van der Waals surface area contributed by atoms with Crippen molar-refractivity contribution in [2.24, 2.45) is 5.16 Å². The predicted octanol–water partition coefficient (Wildman–Crippen LogP) is 2.40. The zero-order valence-corrected chi connectivity index (χ0v) is 12.0. The van der Waals surface area contributed by atoms with E-state index < -0.39 is 5.97 Å². The number of carbonyl (C=O) groups is 1. The van der Waals surface area contributed by atoms with E-state index in [9.17, 15) is 4.79 Å². The highest BCUT2D eigenvalue weighted by molar-refractivity contribution is 9.08. The Morgan fingerprint density at radius 3 is 2.67 bits per heavy atom. The molecule has 0 N–H and O–H groups in total. The number of methoxy groups -OCH3 is 1. The van der Waals surface area contributed by atoms with Gasteiger partial charge in [0.2, 0.25) is 0 Å². The van der Waals surface area contributed by atoms with Crippen molar-refractivity contribution in [3.63, 3.8) is 0 Å². The summed E-state index contributed by atoms with van der Waals surface area (Å²) in [6.07, 6.45) is 0. The van der Waals surface area contributed by atoms with Gasteiger partial charge in [-0.15, -0.1) is 0 Å². The maximum Gasteiger partial charge on any atom is 0.397 e. The Morgan fingerprint density at radius 1 is 1.39 bits per heavy atom. The van der Waals surface area contributed by atoms with Crippen molar-refractivity contribution in [3.8, 4) is 5.75 Å². The Morgan fingerprint density at radius 2 is 2.11 bits per heavy atom. The summed E-state index contributed by atoms with van der Waals surface area (Å²) in [5.41, 5.74) is 1.91. The van der Waals surface area contributed by atoms with Crippen LogP contribution in [0.15, 0.2) is 23.4 Å². The van der Waals surface area contributed by atoms with Crippen molar-refractivity contribution in [2.75, 3.05) is 14.2 Å². The topological polar surface area (TPSA) is 57.1 Å². The molecule has 6 heteroatoms. The van der Waals surface area contributed by atoms with Crippen LogP contribution in [-0.4, -0.2) is 26.1 Å². The van der Waals surface area contributed by atoms with Gasteiger partial charge in [0.1, 0.15) is 12.9 Å². The maximum absolute atomic E-state index is 11.4. The minimum atomic E-state index is -0.694. The van der Waals surface area contributed by atoms with Crippen LogP contribution < -0.4 is 4.74 Å². The molecular weight excluding hydrogens is 302 g/mol. The molecule has 98 valence electrons. The Labute approximate surface area is 114 Å². The highest BCUT2D eigenvalue weighted by Crippen LogP contribution is 2.21. The van der Waals surface area contributed by atoms with Crippen molar-refractivity contribution in [2.45, 2.75) is 12.3 Å². The second kappa shape index (κ2) is 7.00. The monoisotopic (exact) mass is 315 g/mol. The largest absolute Gasteiger partial charge is 0.462 e. The fraction of sp³-hybridized carbons (Fsp3) is 0.333. The number of carbonyl (C=O) groups excluding carboxylic acids is 1. The molecule has 0 bridgehead atoms. The summed E-state index contributed by atoms with van der Waals surface area (Å²) in [7, 11) is 2.58. The van der Waals surface area contributed by atoms with Gasteiger partial charge in [-0.05, 0) is 29.3 Å². The van der Waals surface area contributed by atoms with Gasteiger partial charge in [-0.1, -0.05) is 28.1 Å². The van der Waals surface area contributed by atoms with Gasteiger partial charge in [-0.2, -0.15) is 0 Å². The van der Waals surface area contributed by atoms with Crippen LogP contribution in [0.4, 0.5) is 0 Å². The van der Waals surface area contributed by atoms with Crippen LogP contribution in [0, 0.1) is 6.92 Å². The summed E-state index contributed by atoms with van der Waals surface area (Å²) in [5, 5.41) is 4.19. The number of halogens is 1. The van der Waals surface area contributed by atoms with Gasteiger partial charge in [-0.3, -0.25) is 0 Å². The van der Waals surface area contributed by atoms with Crippen LogP contribution >= 0.6 is 15.9 Å². The molecule has 0 aliphatic heterocycles. The minimum absolute atomic E-state index is 0.241. The molecule has 1 aromatic rings. The molecule has 0 saturated carbocycles. The number of hydrogen-bond donors (Lipinski definition) is 0. The normalized spacial score (nSPS) is 11.0. The summed E-state index contributed by atoms with van der Waals surface area (Å²) in [4.78, 5) is 16.0. The number of hydrogen-bond acceptors (Lipinski definition) is 5. The van der Waals surface area contributed by atoms with Gasteiger partial charge in [0.15, 0.2) is 0 Å². The molecule has 0 amide bonds. The second-order valence-electron chi connectivity index (χ2n) is 3.41. The molecule has 18 heavy (non-hydrogen) atoms. The van der Waals surface area contributed by atoms with E-state index in [-0.39, 0.29) is 5.90 Å². The lowest BCUT2D eigenvalue weighted by Gasteiger charge is -2.10. The van der Waals surface area contributed by atoms with Gasteiger partial charge in [0.05, 0.1) is 7.11 Å². The lowest BCUT2D eigenvalue weighted by molar-refractivity contribution is -0.134. The molecule has 1 rings (SSSR count). The number of aryl methyl sites for hydroxylation is 1. The average Bonchev–Trinajstić information content (AvgIpc) is 2.39. The summed E-state index contributed by atoms with van der Waals surface area (Å²) in [5.74, 6) is -0.400. The van der Waals surface area contributed by atoms with Gasteiger partial charge < -0.3 is 14.3 Å². The SMILES string of the molecule is CON=C(Oc1cc(CBr)ccc1C)C(=O)OC. The smallest absolute Gasteiger partial charge is 0.397 e. The number of benzene rings is 1. The molecule has 0 aromatic heterocycles. The average molecular weight is 316 g/mol. The number of ether oxygens (including phenoxy) is 2. The summed E-state index contributed by atoms with van der Waals surface area (Å²) >= 11 is 3.35. The molecule has 0 radical (unpaired) electrons. The van der Waals surface area contributed by atoms with E-state index >= 15 is 0 Å². The van der Waals surface area contributed by atoms with Gasteiger partial charge in [-0.25, -0.2) is 4.79 Å². The first-order valence-electron chi connectivity index (χ1n) is 5.15. The van der Waals surface area contributed by atoms with Crippen LogP contribution in [0.3, 0.4) is 0 Å². The lowest BCUT2D eigenvalue weighted by Crippen LogP contribution is -2.23. The first kappa shape index (κ1) is 14.5. The summed E-state index contributed by atoms with van der Waals surface area (Å²) < 4.78 is 9.96. The third-order valence-electron chi connectivity index (χ3n) is 2.15. The molecule has 0 unspecified atom stereocenters. The lowest BCUT2D eigenvalue weighted by atomic mass is 10.1. The van der Waals surface area contributed by atoms with Crippen LogP contribution in [0.5, 0.6) is 5.75 Å². The third kappa shape index (κ3) is 3.73. The quantitative estimate of drug-likeness (QED) is 0.282. The molecule has 0 spiro atoms. The molecule has 5 nitrogen and oxygen atoms in total. The highest BCUT2D eigenvalue weighted by Gasteiger charge is 2.17.